The van der Waals surface area contributed by atoms with Crippen molar-refractivity contribution >= 4 is 29.1 Å². The molecular formula is C22H23N3O6S. The van der Waals surface area contributed by atoms with Gasteiger partial charge in [-0.1, -0.05) is 30.3 Å². The number of ether oxygens (including phenoxy) is 1. The van der Waals surface area contributed by atoms with E-state index in [4.69, 9.17) is 9.84 Å². The molecule has 0 atom stereocenters. The van der Waals surface area contributed by atoms with E-state index in [0.29, 0.717) is 26.1 Å². The second kappa shape index (κ2) is 9.09. The third kappa shape index (κ3) is 4.37. The molecule has 2 aliphatic rings. The molecule has 0 unspecified atom stereocenters. The Bertz CT molecular complexity index is 1060. The van der Waals surface area contributed by atoms with Gasteiger partial charge in [0, 0.05) is 36.4 Å². The average Bonchev–Trinajstić information content (AvgIpc) is 3.26. The van der Waals surface area contributed by atoms with Gasteiger partial charge in [0.25, 0.3) is 11.8 Å². The number of amides is 2. The molecule has 2 aliphatic heterocycles. The van der Waals surface area contributed by atoms with Crippen molar-refractivity contribution < 1.29 is 29.3 Å². The number of nitrogens with one attached hydrogen (secondary N) is 1. The van der Waals surface area contributed by atoms with Gasteiger partial charge in [-0.3, -0.25) is 14.4 Å². The molecule has 1 aromatic carbocycles. The van der Waals surface area contributed by atoms with E-state index >= 15 is 0 Å². The van der Waals surface area contributed by atoms with Gasteiger partial charge in [0.15, 0.2) is 0 Å². The summed E-state index contributed by atoms with van der Waals surface area (Å²) in [6.07, 6.45) is 2.62. The first kappa shape index (κ1) is 22.0. The number of thiazole rings is 1. The highest BCUT2D eigenvalue weighted by Gasteiger charge is 2.48. The fourth-order valence-electron chi connectivity index (χ4n) is 4.05. The molecule has 3 N–H and O–H groups in total. The Morgan fingerprint density at radius 3 is 2.62 bits per heavy atom. The minimum atomic E-state index is -1.24. The van der Waals surface area contributed by atoms with Gasteiger partial charge in [-0.25, -0.2) is 4.98 Å². The summed E-state index contributed by atoms with van der Waals surface area (Å²) in [5, 5.41) is 22.8. The van der Waals surface area contributed by atoms with E-state index in [1.165, 1.54) is 16.2 Å². The third-order valence-corrected chi connectivity index (χ3v) is 6.76. The molecule has 32 heavy (non-hydrogen) atoms. The molecule has 1 aromatic heterocycles. The van der Waals surface area contributed by atoms with E-state index in [0.717, 1.165) is 15.4 Å². The van der Waals surface area contributed by atoms with Gasteiger partial charge in [0.1, 0.15) is 22.9 Å². The topological polar surface area (TPSA) is 129 Å². The lowest BCUT2D eigenvalue weighted by molar-refractivity contribution is -0.140. The van der Waals surface area contributed by atoms with Crippen LogP contribution in [-0.2, 0) is 25.7 Å². The van der Waals surface area contributed by atoms with Gasteiger partial charge < -0.3 is 25.2 Å². The van der Waals surface area contributed by atoms with Crippen LogP contribution in [0, 0.1) is 5.41 Å². The minimum absolute atomic E-state index is 0.231. The predicted octanol–water partition coefficient (Wildman–Crippen LogP) is 1.96. The first-order valence-corrected chi connectivity index (χ1v) is 11.0. The Kier molecular flexibility index (Phi) is 6.24. The number of nitrogens with zero attached hydrogens (tertiary/aromatic N) is 2. The second-order valence-corrected chi connectivity index (χ2v) is 8.97. The van der Waals surface area contributed by atoms with E-state index in [1.807, 2.05) is 30.3 Å². The highest BCUT2D eigenvalue weighted by atomic mass is 32.1. The van der Waals surface area contributed by atoms with Crippen LogP contribution in [0.25, 0.3) is 10.6 Å². The molecule has 1 fully saturated rings. The van der Waals surface area contributed by atoms with Crippen LogP contribution in [0.4, 0.5) is 0 Å². The molecule has 168 valence electrons. The molecule has 2 amide bonds. The largest absolute Gasteiger partial charge is 0.511 e. The number of rotatable bonds is 6. The number of carbonyl (C=O) groups excluding carboxylic acids is 2. The van der Waals surface area contributed by atoms with E-state index in [2.05, 4.69) is 10.3 Å². The van der Waals surface area contributed by atoms with E-state index in [1.54, 1.807) is 6.20 Å². The van der Waals surface area contributed by atoms with Crippen molar-refractivity contribution in [1.29, 1.82) is 0 Å². The highest BCUT2D eigenvalue weighted by molar-refractivity contribution is 7.15. The van der Waals surface area contributed by atoms with Crippen LogP contribution in [-0.4, -0.2) is 64.2 Å². The molecule has 0 bridgehead atoms. The molecule has 10 heteroatoms. The van der Waals surface area contributed by atoms with E-state index in [9.17, 15) is 19.5 Å². The zero-order valence-corrected chi connectivity index (χ0v) is 18.1. The number of carbonyl (C=O) groups is 3. The van der Waals surface area contributed by atoms with E-state index in [-0.39, 0.29) is 18.8 Å². The lowest BCUT2D eigenvalue weighted by Crippen LogP contribution is -2.52. The van der Waals surface area contributed by atoms with Crippen molar-refractivity contribution in [1.82, 2.24) is 15.2 Å². The Morgan fingerprint density at radius 1 is 1.22 bits per heavy atom. The van der Waals surface area contributed by atoms with Crippen LogP contribution < -0.4 is 5.32 Å². The number of hydrogen-bond acceptors (Lipinski definition) is 7. The van der Waals surface area contributed by atoms with Gasteiger partial charge in [0.05, 0.1) is 12.0 Å². The van der Waals surface area contributed by atoms with Gasteiger partial charge in [-0.2, -0.15) is 0 Å². The smallest absolute Gasteiger partial charge is 0.322 e. The second-order valence-electron chi connectivity index (χ2n) is 7.85. The fourth-order valence-corrected chi connectivity index (χ4v) is 4.99. The van der Waals surface area contributed by atoms with Crippen molar-refractivity contribution in [2.45, 2.75) is 19.4 Å². The van der Waals surface area contributed by atoms with Crippen LogP contribution >= 0.6 is 11.3 Å². The summed E-state index contributed by atoms with van der Waals surface area (Å²) >= 11 is 1.45. The molecule has 1 saturated heterocycles. The Balaban J connectivity index is 1.61. The maximum Gasteiger partial charge on any atom is 0.322 e. The monoisotopic (exact) mass is 457 g/mol. The lowest BCUT2D eigenvalue weighted by Gasteiger charge is -2.44. The standard InChI is InChI=1S/C22H23N3O6S/c26-16(27)11-23-19(29)17-18(28)22(6-8-31-9-7-22)13-25(21(17)30)12-15-10-24-20(32-15)14-4-2-1-3-5-14/h1-5,10,28H,6-9,11-13H2,(H,23,29)(H,26,27). The maximum absolute atomic E-state index is 13.2. The van der Waals surface area contributed by atoms with Crippen molar-refractivity contribution in [3.8, 4) is 10.6 Å². The first-order chi connectivity index (χ1) is 15.4. The summed E-state index contributed by atoms with van der Waals surface area (Å²) in [5.74, 6) is -3.03. The normalized spacial score (nSPS) is 18.1. The average molecular weight is 458 g/mol. The van der Waals surface area contributed by atoms with Gasteiger partial charge in [0.2, 0.25) is 0 Å². The number of carboxylic acid groups (broad SMARTS) is 1. The van der Waals surface area contributed by atoms with Crippen LogP contribution in [0.3, 0.4) is 0 Å². The van der Waals surface area contributed by atoms with Crippen LogP contribution in [0.1, 0.15) is 17.7 Å². The zero-order valence-electron chi connectivity index (χ0n) is 17.2. The molecular weight excluding hydrogens is 434 g/mol. The van der Waals surface area contributed by atoms with Gasteiger partial charge in [-0.15, -0.1) is 11.3 Å². The summed E-state index contributed by atoms with van der Waals surface area (Å²) in [4.78, 5) is 43.5. The summed E-state index contributed by atoms with van der Waals surface area (Å²) < 4.78 is 5.43. The molecule has 2 aromatic rings. The molecule has 3 heterocycles. The molecule has 9 nitrogen and oxygen atoms in total. The summed E-state index contributed by atoms with van der Waals surface area (Å²) in [7, 11) is 0. The van der Waals surface area contributed by atoms with Crippen molar-refractivity contribution in [2.75, 3.05) is 26.3 Å². The SMILES string of the molecule is O=C(O)CNC(=O)C1=C(O)C2(CCOCC2)CN(Cc2cnc(-c3ccccc3)s2)C1=O. The molecule has 1 spiro atoms. The number of aliphatic carboxylic acids is 1. The lowest BCUT2D eigenvalue weighted by atomic mass is 9.74. The number of carboxylic acids is 1. The summed E-state index contributed by atoms with van der Waals surface area (Å²) in [5.41, 5.74) is -0.220. The van der Waals surface area contributed by atoms with Crippen molar-refractivity contribution in [2.24, 2.45) is 5.41 Å². The number of aliphatic hydroxyl groups excluding tert-OH is 1. The van der Waals surface area contributed by atoms with Crippen LogP contribution in [0.15, 0.2) is 47.9 Å². The maximum atomic E-state index is 13.2. The van der Waals surface area contributed by atoms with Crippen molar-refractivity contribution in [3.05, 3.63) is 52.7 Å². The Morgan fingerprint density at radius 2 is 1.94 bits per heavy atom. The van der Waals surface area contributed by atoms with E-state index < -0.39 is 35.3 Å². The number of hydrogen-bond donors (Lipinski definition) is 3. The summed E-state index contributed by atoms with van der Waals surface area (Å²) in [6.45, 7) is 0.627. The summed E-state index contributed by atoms with van der Waals surface area (Å²) in [6, 6.07) is 9.69. The van der Waals surface area contributed by atoms with Gasteiger partial charge in [-0.05, 0) is 12.8 Å². The number of aliphatic hydroxyl groups is 1. The van der Waals surface area contributed by atoms with Crippen molar-refractivity contribution in [3.63, 3.8) is 0 Å². The van der Waals surface area contributed by atoms with Crippen LogP contribution in [0.5, 0.6) is 0 Å². The number of benzene rings is 1. The molecule has 4 rings (SSSR count). The molecule has 0 aliphatic carbocycles. The Hall–Kier alpha value is -3.24. The molecule has 0 radical (unpaired) electrons. The third-order valence-electron chi connectivity index (χ3n) is 5.73. The van der Waals surface area contributed by atoms with Gasteiger partial charge >= 0.3 is 5.97 Å². The van der Waals surface area contributed by atoms with Crippen LogP contribution in [0.2, 0.25) is 0 Å². The fraction of sp³-hybridized carbons (Fsp3) is 0.364. The first-order valence-electron chi connectivity index (χ1n) is 10.2. The zero-order chi connectivity index (χ0) is 22.7. The predicted molar refractivity (Wildman–Crippen MR) is 116 cm³/mol. The molecule has 0 saturated carbocycles. The highest BCUT2D eigenvalue weighted by Crippen LogP contribution is 2.43. The minimum Gasteiger partial charge on any atom is -0.511 e. The number of aromatic nitrogens is 1. The Labute approximate surface area is 188 Å². The quantitative estimate of drug-likeness (QED) is 0.566.